The summed E-state index contributed by atoms with van der Waals surface area (Å²) in [5.74, 6) is 0.568. The molecule has 8 heteroatoms. The first-order chi connectivity index (χ1) is 24.5. The minimum atomic E-state index is -0.362. The summed E-state index contributed by atoms with van der Waals surface area (Å²) in [6, 6.07) is 16.6. The monoisotopic (exact) mass is 693 g/mol. The number of aromatic nitrogens is 1. The largest absolute Gasteiger partial charge is 0.506 e. The number of allylic oxidation sites excluding steroid dienone is 1. The Morgan fingerprint density at radius 2 is 1.65 bits per heavy atom. The van der Waals surface area contributed by atoms with Gasteiger partial charge >= 0.3 is 0 Å². The fraction of sp³-hybridized carbons (Fsp3) is 0.419. The Bertz CT molecular complexity index is 1790. The second-order valence-corrected chi connectivity index (χ2v) is 14.0. The summed E-state index contributed by atoms with van der Waals surface area (Å²) >= 11 is 0. The zero-order valence-corrected chi connectivity index (χ0v) is 31.8. The van der Waals surface area contributed by atoms with E-state index in [1.165, 1.54) is 66.3 Å². The quantitative estimate of drug-likeness (QED) is 0.0781. The molecule has 1 amide bonds. The molecule has 0 aliphatic heterocycles. The number of carbonyl (C=O) groups excluding carboxylic acids is 1. The number of nitrogens with one attached hydrogen (secondary N) is 2. The van der Waals surface area contributed by atoms with Gasteiger partial charge in [0.15, 0.2) is 0 Å². The highest BCUT2D eigenvalue weighted by Crippen LogP contribution is 2.40. The average Bonchev–Trinajstić information content (AvgIpc) is 3.33. The number of hydrogen-bond donors (Lipinski definition) is 4. The van der Waals surface area contributed by atoms with Crippen LogP contribution in [0.5, 0.6) is 11.5 Å². The predicted octanol–water partition coefficient (Wildman–Crippen LogP) is 10.7. The van der Waals surface area contributed by atoms with E-state index in [9.17, 15) is 15.0 Å². The van der Waals surface area contributed by atoms with E-state index in [1.807, 2.05) is 18.2 Å². The Hall–Kier alpha value is -4.69. The molecule has 1 aromatic heterocycles. The molecule has 4 N–H and O–H groups in total. The summed E-state index contributed by atoms with van der Waals surface area (Å²) < 4.78 is 2.48. The molecule has 2 unspecified atom stereocenters. The number of hydrogen-bond acceptors (Lipinski definition) is 6. The van der Waals surface area contributed by atoms with E-state index in [0.29, 0.717) is 11.5 Å². The number of rotatable bonds is 19. The van der Waals surface area contributed by atoms with Crippen LogP contribution in [0, 0.1) is 25.7 Å². The fourth-order valence-electron chi connectivity index (χ4n) is 6.62. The van der Waals surface area contributed by atoms with Gasteiger partial charge in [-0.05, 0) is 100.0 Å². The van der Waals surface area contributed by atoms with E-state index in [4.69, 9.17) is 0 Å². The zero-order valence-electron chi connectivity index (χ0n) is 31.8. The number of phenolic OH excluding ortho intramolecular Hbond substituents is 2. The number of carbonyl (C=O) groups is 1. The van der Waals surface area contributed by atoms with Gasteiger partial charge in [0.25, 0.3) is 5.91 Å². The van der Waals surface area contributed by atoms with Gasteiger partial charge in [0, 0.05) is 76.8 Å². The molecular formula is C43H59N5O3. The van der Waals surface area contributed by atoms with Crippen LogP contribution in [0.2, 0.25) is 0 Å². The first-order valence-corrected chi connectivity index (χ1v) is 18.6. The molecule has 274 valence electrons. The molecule has 51 heavy (non-hydrogen) atoms. The van der Waals surface area contributed by atoms with Gasteiger partial charge in [0.1, 0.15) is 17.2 Å². The standard InChI is InChI=1S/C43H59N5O3/c1-9-13-14-22-47(12-4)42-40(49)26-37(27-41(42)50)45-43(51)34-16-15-17-35(24-34)44-36-18-19-39-38(25-36)32(7)33(8)48(39)29-31(6)28-46(21-10-2)23-20-30(5)11-3/h12,14-19,22,24-27,30-31,44,49-50H,4,9-11,13,20-21,23,28-29H2,1-3,5-8H3,(H,45,51)/b22-14-. The van der Waals surface area contributed by atoms with Crippen LogP contribution in [-0.2, 0) is 6.54 Å². The number of nitrogens with zero attached hydrogens (tertiary/aromatic N) is 3. The number of aromatic hydroxyl groups is 2. The van der Waals surface area contributed by atoms with E-state index < -0.39 is 0 Å². The summed E-state index contributed by atoms with van der Waals surface area (Å²) in [6.07, 6.45) is 10.7. The van der Waals surface area contributed by atoms with Gasteiger partial charge < -0.3 is 35.2 Å². The zero-order chi connectivity index (χ0) is 37.1. The molecule has 2 atom stereocenters. The van der Waals surface area contributed by atoms with Crippen LogP contribution >= 0.6 is 0 Å². The van der Waals surface area contributed by atoms with Crippen LogP contribution in [0.15, 0.2) is 79.7 Å². The van der Waals surface area contributed by atoms with Crippen LogP contribution in [0.4, 0.5) is 22.7 Å². The molecule has 0 radical (unpaired) electrons. The molecule has 4 rings (SSSR count). The second-order valence-electron chi connectivity index (χ2n) is 14.0. The summed E-state index contributed by atoms with van der Waals surface area (Å²) in [6.45, 7) is 23.9. The third-order valence-electron chi connectivity index (χ3n) is 9.80. The molecule has 0 aliphatic carbocycles. The van der Waals surface area contributed by atoms with Gasteiger partial charge in [0.05, 0.1) is 0 Å². The lowest BCUT2D eigenvalue weighted by atomic mass is 10.0. The minimum absolute atomic E-state index is 0.179. The number of anilines is 4. The number of phenols is 2. The van der Waals surface area contributed by atoms with Gasteiger partial charge in [-0.25, -0.2) is 0 Å². The lowest BCUT2D eigenvalue weighted by molar-refractivity contribution is 0.102. The fourth-order valence-corrected chi connectivity index (χ4v) is 6.62. The Morgan fingerprint density at radius 1 is 0.922 bits per heavy atom. The van der Waals surface area contributed by atoms with Gasteiger partial charge in [-0.15, -0.1) is 0 Å². The number of benzene rings is 3. The van der Waals surface area contributed by atoms with Crippen LogP contribution in [0.25, 0.3) is 10.9 Å². The van der Waals surface area contributed by atoms with Crippen LogP contribution in [-0.4, -0.2) is 45.2 Å². The maximum Gasteiger partial charge on any atom is 0.255 e. The number of aryl methyl sites for hydroxylation is 1. The van der Waals surface area contributed by atoms with Crippen molar-refractivity contribution in [2.24, 2.45) is 11.8 Å². The smallest absolute Gasteiger partial charge is 0.255 e. The summed E-state index contributed by atoms with van der Waals surface area (Å²) in [5.41, 5.74) is 6.44. The first kappa shape index (κ1) is 39.1. The Kier molecular flexibility index (Phi) is 14.2. The molecule has 0 saturated heterocycles. The molecule has 3 aromatic carbocycles. The van der Waals surface area contributed by atoms with E-state index in [0.717, 1.165) is 49.8 Å². The Balaban J connectivity index is 1.46. The highest BCUT2D eigenvalue weighted by atomic mass is 16.3. The first-order valence-electron chi connectivity index (χ1n) is 18.6. The number of unbranched alkanes of at least 4 members (excludes halogenated alkanes) is 1. The topological polar surface area (TPSA) is 93.0 Å². The van der Waals surface area contributed by atoms with Crippen molar-refractivity contribution >= 4 is 39.6 Å². The van der Waals surface area contributed by atoms with Gasteiger partial charge in [0.2, 0.25) is 0 Å². The van der Waals surface area contributed by atoms with E-state index in [2.05, 4.69) is 93.3 Å². The van der Waals surface area contributed by atoms with Crippen LogP contribution < -0.4 is 15.5 Å². The summed E-state index contributed by atoms with van der Waals surface area (Å²) in [7, 11) is 0. The molecule has 4 aromatic rings. The van der Waals surface area contributed by atoms with Crippen molar-refractivity contribution in [1.82, 2.24) is 9.47 Å². The number of amides is 1. The Labute approximate surface area is 305 Å². The van der Waals surface area contributed by atoms with Crippen molar-refractivity contribution in [2.45, 2.75) is 87.1 Å². The summed E-state index contributed by atoms with van der Waals surface area (Å²) in [4.78, 5) is 17.5. The van der Waals surface area contributed by atoms with E-state index >= 15 is 0 Å². The van der Waals surface area contributed by atoms with Gasteiger partial charge in [-0.3, -0.25) is 4.79 Å². The van der Waals surface area contributed by atoms with Crippen molar-refractivity contribution in [3.8, 4) is 11.5 Å². The highest BCUT2D eigenvalue weighted by molar-refractivity contribution is 6.05. The second kappa shape index (κ2) is 18.5. The van der Waals surface area contributed by atoms with Crippen molar-refractivity contribution in [1.29, 1.82) is 0 Å². The normalized spacial score (nSPS) is 12.8. The van der Waals surface area contributed by atoms with E-state index in [1.54, 1.807) is 23.2 Å². The number of fused-ring (bicyclic) bond motifs is 1. The molecule has 0 spiro atoms. The molecule has 0 bridgehead atoms. The lowest BCUT2D eigenvalue weighted by Crippen LogP contribution is -2.32. The van der Waals surface area contributed by atoms with Crippen molar-refractivity contribution in [3.05, 3.63) is 96.5 Å². The maximum atomic E-state index is 13.3. The third kappa shape index (κ3) is 10.2. The van der Waals surface area contributed by atoms with Crippen molar-refractivity contribution in [3.63, 3.8) is 0 Å². The van der Waals surface area contributed by atoms with Crippen molar-refractivity contribution < 1.29 is 15.0 Å². The summed E-state index contributed by atoms with van der Waals surface area (Å²) in [5, 5.41) is 29.0. The van der Waals surface area contributed by atoms with Crippen molar-refractivity contribution in [2.75, 3.05) is 35.2 Å². The SMILES string of the molecule is C=CN(/C=C\CCC)c1c(O)cc(NC(=O)c2cccc(Nc3ccc4c(c3)c(C)c(C)n4CC(C)CN(CCC)CCC(C)CC)c2)cc1O. The average molecular weight is 694 g/mol. The molecule has 0 saturated carbocycles. The third-order valence-corrected chi connectivity index (χ3v) is 9.80. The van der Waals surface area contributed by atoms with Gasteiger partial charge in [-0.2, -0.15) is 0 Å². The van der Waals surface area contributed by atoms with E-state index in [-0.39, 0.29) is 28.8 Å². The van der Waals surface area contributed by atoms with Crippen LogP contribution in [0.3, 0.4) is 0 Å². The molecule has 8 nitrogen and oxygen atoms in total. The molecule has 1 heterocycles. The predicted molar refractivity (Wildman–Crippen MR) is 216 cm³/mol. The maximum absolute atomic E-state index is 13.3. The minimum Gasteiger partial charge on any atom is -0.506 e. The molecule has 0 aliphatic rings. The highest BCUT2D eigenvalue weighted by Gasteiger charge is 2.18. The van der Waals surface area contributed by atoms with Gasteiger partial charge in [-0.1, -0.05) is 66.2 Å². The molecular weight excluding hydrogens is 635 g/mol. The molecule has 0 fully saturated rings. The van der Waals surface area contributed by atoms with Crippen LogP contribution in [0.1, 0.15) is 88.3 Å². The lowest BCUT2D eigenvalue weighted by Gasteiger charge is -2.27. The Morgan fingerprint density at radius 3 is 2.31 bits per heavy atom.